The molecule has 0 radical (unpaired) electrons. The molecular weight excluding hydrogens is 228 g/mol. The number of rotatable bonds is 7. The van der Waals surface area contributed by atoms with Crippen LogP contribution >= 0.6 is 0 Å². The summed E-state index contributed by atoms with van der Waals surface area (Å²) in [6.07, 6.45) is 2.59. The zero-order valence-electron chi connectivity index (χ0n) is 11.7. The molecule has 18 heavy (non-hydrogen) atoms. The molecule has 6 heteroatoms. The van der Waals surface area contributed by atoms with Gasteiger partial charge in [0.25, 0.3) is 0 Å². The molecule has 102 valence electrons. The van der Waals surface area contributed by atoms with Gasteiger partial charge >= 0.3 is 0 Å². The van der Waals surface area contributed by atoms with Crippen LogP contribution in [0.25, 0.3) is 0 Å². The van der Waals surface area contributed by atoms with E-state index in [2.05, 4.69) is 53.6 Å². The van der Waals surface area contributed by atoms with Crippen LogP contribution in [0.1, 0.15) is 31.7 Å². The highest BCUT2D eigenvalue weighted by molar-refractivity contribution is 5.58. The molecule has 1 heterocycles. The summed E-state index contributed by atoms with van der Waals surface area (Å²) in [6, 6.07) is 0. The van der Waals surface area contributed by atoms with Crippen molar-refractivity contribution in [2.24, 2.45) is 5.84 Å². The molecule has 0 saturated carbocycles. The van der Waals surface area contributed by atoms with Gasteiger partial charge in [-0.25, -0.2) is 15.8 Å². The van der Waals surface area contributed by atoms with Gasteiger partial charge in [0.15, 0.2) is 0 Å². The molecule has 0 bridgehead atoms. The standard InChI is InChI=1S/C12H24N6/c1-9(2)10-11(14-6-5-7-18(3)4)15-8-16-12(10)17-13/h8-9H,5-7,13H2,1-4H3,(H2,14,15,16,17). The number of hydrogen-bond acceptors (Lipinski definition) is 6. The van der Waals surface area contributed by atoms with E-state index < -0.39 is 0 Å². The predicted molar refractivity (Wildman–Crippen MR) is 75.6 cm³/mol. The van der Waals surface area contributed by atoms with Crippen molar-refractivity contribution in [1.29, 1.82) is 0 Å². The summed E-state index contributed by atoms with van der Waals surface area (Å²) < 4.78 is 0. The molecule has 0 saturated heterocycles. The summed E-state index contributed by atoms with van der Waals surface area (Å²) in [6.45, 7) is 6.14. The molecule has 1 aromatic heterocycles. The molecular formula is C12H24N6. The van der Waals surface area contributed by atoms with Gasteiger partial charge in [-0.1, -0.05) is 13.8 Å². The van der Waals surface area contributed by atoms with E-state index in [1.165, 1.54) is 6.33 Å². The second-order valence-corrected chi connectivity index (χ2v) is 4.87. The van der Waals surface area contributed by atoms with Crippen LogP contribution in [-0.2, 0) is 0 Å². The van der Waals surface area contributed by atoms with E-state index in [0.717, 1.165) is 30.9 Å². The molecule has 1 rings (SSSR count). The number of nitrogens with two attached hydrogens (primary N) is 1. The number of nitrogens with zero attached hydrogens (tertiary/aromatic N) is 3. The lowest BCUT2D eigenvalue weighted by atomic mass is 10.0. The molecule has 0 aliphatic heterocycles. The molecule has 0 atom stereocenters. The maximum absolute atomic E-state index is 5.48. The van der Waals surface area contributed by atoms with E-state index in [-0.39, 0.29) is 0 Å². The second kappa shape index (κ2) is 7.13. The van der Waals surface area contributed by atoms with E-state index in [1.54, 1.807) is 0 Å². The van der Waals surface area contributed by atoms with E-state index >= 15 is 0 Å². The Kier molecular flexibility index (Phi) is 5.80. The van der Waals surface area contributed by atoms with Gasteiger partial charge in [0.1, 0.15) is 18.0 Å². The molecule has 1 aromatic rings. The smallest absolute Gasteiger partial charge is 0.148 e. The van der Waals surface area contributed by atoms with E-state index in [4.69, 9.17) is 5.84 Å². The van der Waals surface area contributed by atoms with Crippen LogP contribution in [0.15, 0.2) is 6.33 Å². The monoisotopic (exact) mass is 252 g/mol. The highest BCUT2D eigenvalue weighted by Gasteiger charge is 2.13. The first-order chi connectivity index (χ1) is 8.56. The van der Waals surface area contributed by atoms with Crippen LogP contribution in [0.4, 0.5) is 11.6 Å². The molecule has 0 unspecified atom stereocenters. The van der Waals surface area contributed by atoms with Gasteiger partial charge in [0.2, 0.25) is 0 Å². The van der Waals surface area contributed by atoms with Crippen molar-refractivity contribution >= 4 is 11.6 Å². The molecule has 0 amide bonds. The lowest BCUT2D eigenvalue weighted by molar-refractivity contribution is 0.405. The maximum atomic E-state index is 5.48. The molecule has 0 aromatic carbocycles. The summed E-state index contributed by atoms with van der Waals surface area (Å²) in [5.74, 6) is 7.35. The Hall–Kier alpha value is -1.40. The molecule has 6 nitrogen and oxygen atoms in total. The first kappa shape index (κ1) is 14.7. The minimum absolute atomic E-state index is 0.314. The molecule has 0 spiro atoms. The van der Waals surface area contributed by atoms with Gasteiger partial charge in [-0.15, -0.1) is 0 Å². The summed E-state index contributed by atoms with van der Waals surface area (Å²) in [5.41, 5.74) is 3.66. The fourth-order valence-corrected chi connectivity index (χ4v) is 1.80. The molecule has 4 N–H and O–H groups in total. The molecule has 0 fully saturated rings. The SMILES string of the molecule is CC(C)c1c(NN)ncnc1NCCCN(C)C. The van der Waals surface area contributed by atoms with Crippen molar-refractivity contribution in [3.8, 4) is 0 Å². The van der Waals surface area contributed by atoms with Gasteiger partial charge in [-0.2, -0.15) is 0 Å². The van der Waals surface area contributed by atoms with Crippen molar-refractivity contribution in [2.75, 3.05) is 37.9 Å². The van der Waals surface area contributed by atoms with Gasteiger partial charge < -0.3 is 15.6 Å². The fraction of sp³-hybridized carbons (Fsp3) is 0.667. The minimum atomic E-state index is 0.314. The quantitative estimate of drug-likeness (QED) is 0.385. The highest BCUT2D eigenvalue weighted by atomic mass is 15.3. The van der Waals surface area contributed by atoms with E-state index in [9.17, 15) is 0 Å². The number of aromatic nitrogens is 2. The maximum Gasteiger partial charge on any atom is 0.148 e. The third kappa shape index (κ3) is 4.12. The number of hydrazine groups is 1. The number of anilines is 2. The van der Waals surface area contributed by atoms with Crippen LogP contribution in [-0.4, -0.2) is 42.1 Å². The number of nitrogens with one attached hydrogen (secondary N) is 2. The lowest BCUT2D eigenvalue weighted by Gasteiger charge is -2.17. The fourth-order valence-electron chi connectivity index (χ4n) is 1.80. The zero-order chi connectivity index (χ0) is 13.5. The number of nitrogen functional groups attached to an aromatic ring is 1. The second-order valence-electron chi connectivity index (χ2n) is 4.87. The van der Waals surface area contributed by atoms with Gasteiger partial charge in [-0.05, 0) is 33.0 Å². The Morgan fingerprint density at radius 2 is 1.94 bits per heavy atom. The minimum Gasteiger partial charge on any atom is -0.370 e. The normalized spacial score (nSPS) is 11.1. The van der Waals surface area contributed by atoms with Crippen molar-refractivity contribution in [3.05, 3.63) is 11.9 Å². The van der Waals surface area contributed by atoms with Gasteiger partial charge in [0, 0.05) is 12.1 Å². The summed E-state index contributed by atoms with van der Waals surface area (Å²) >= 11 is 0. The first-order valence-corrected chi connectivity index (χ1v) is 6.26. The predicted octanol–water partition coefficient (Wildman–Crippen LogP) is 1.25. The van der Waals surface area contributed by atoms with Crippen LogP contribution in [0.3, 0.4) is 0 Å². The average Bonchev–Trinajstić information content (AvgIpc) is 2.33. The Bertz CT molecular complexity index is 364. The van der Waals surface area contributed by atoms with Crippen molar-refractivity contribution in [1.82, 2.24) is 14.9 Å². The molecule has 0 aliphatic carbocycles. The van der Waals surface area contributed by atoms with E-state index in [1.807, 2.05) is 0 Å². The highest BCUT2D eigenvalue weighted by Crippen LogP contribution is 2.27. The van der Waals surface area contributed by atoms with Crippen LogP contribution < -0.4 is 16.6 Å². The largest absolute Gasteiger partial charge is 0.370 e. The molecule has 0 aliphatic rings. The lowest BCUT2D eigenvalue weighted by Crippen LogP contribution is -2.18. The van der Waals surface area contributed by atoms with Crippen LogP contribution in [0.5, 0.6) is 0 Å². The number of hydrogen-bond donors (Lipinski definition) is 3. The first-order valence-electron chi connectivity index (χ1n) is 6.26. The van der Waals surface area contributed by atoms with Crippen molar-refractivity contribution in [3.63, 3.8) is 0 Å². The van der Waals surface area contributed by atoms with E-state index in [0.29, 0.717) is 11.7 Å². The summed E-state index contributed by atoms with van der Waals surface area (Å²) in [4.78, 5) is 10.6. The topological polar surface area (TPSA) is 79.1 Å². The Morgan fingerprint density at radius 3 is 2.50 bits per heavy atom. The zero-order valence-corrected chi connectivity index (χ0v) is 11.7. The van der Waals surface area contributed by atoms with Gasteiger partial charge in [-0.3, -0.25) is 0 Å². The average molecular weight is 252 g/mol. The Labute approximate surface area is 109 Å². The summed E-state index contributed by atoms with van der Waals surface area (Å²) in [7, 11) is 4.14. The Balaban J connectivity index is 2.69. The summed E-state index contributed by atoms with van der Waals surface area (Å²) in [5, 5.41) is 3.35. The Morgan fingerprint density at radius 1 is 1.28 bits per heavy atom. The third-order valence-electron chi connectivity index (χ3n) is 2.67. The van der Waals surface area contributed by atoms with Crippen molar-refractivity contribution in [2.45, 2.75) is 26.2 Å². The van der Waals surface area contributed by atoms with Crippen LogP contribution in [0.2, 0.25) is 0 Å². The van der Waals surface area contributed by atoms with Crippen molar-refractivity contribution < 1.29 is 0 Å². The van der Waals surface area contributed by atoms with Crippen LogP contribution in [0, 0.1) is 0 Å². The van der Waals surface area contributed by atoms with Gasteiger partial charge in [0.05, 0.1) is 0 Å². The third-order valence-corrected chi connectivity index (χ3v) is 2.67.